The molecule has 2 unspecified atom stereocenters. The Morgan fingerprint density at radius 2 is 1.74 bits per heavy atom. The van der Waals surface area contributed by atoms with Gasteiger partial charge in [-0.3, -0.25) is 4.90 Å². The predicted molar refractivity (Wildman–Crippen MR) is 83.2 cm³/mol. The van der Waals surface area contributed by atoms with E-state index in [0.717, 1.165) is 24.4 Å². The van der Waals surface area contributed by atoms with Gasteiger partial charge in [0.25, 0.3) is 0 Å². The SMILES string of the molecule is CCCC1CCC(N2CCC(CC)CC2CN)CC1. The van der Waals surface area contributed by atoms with Crippen molar-refractivity contribution in [2.24, 2.45) is 17.6 Å². The molecule has 2 atom stereocenters. The highest BCUT2D eigenvalue weighted by atomic mass is 15.2. The van der Waals surface area contributed by atoms with Crippen LogP contribution < -0.4 is 5.73 Å². The van der Waals surface area contributed by atoms with E-state index in [2.05, 4.69) is 18.7 Å². The van der Waals surface area contributed by atoms with Crippen LogP contribution in [-0.4, -0.2) is 30.1 Å². The first kappa shape index (κ1) is 15.3. The second kappa shape index (κ2) is 7.64. The molecule has 0 bridgehead atoms. The van der Waals surface area contributed by atoms with Crippen LogP contribution in [0.4, 0.5) is 0 Å². The number of hydrogen-bond donors (Lipinski definition) is 1. The van der Waals surface area contributed by atoms with E-state index in [4.69, 9.17) is 5.73 Å². The van der Waals surface area contributed by atoms with Gasteiger partial charge in [-0.05, 0) is 56.9 Å². The number of nitrogens with two attached hydrogens (primary N) is 1. The van der Waals surface area contributed by atoms with Crippen LogP contribution in [-0.2, 0) is 0 Å². The summed E-state index contributed by atoms with van der Waals surface area (Å²) in [6, 6.07) is 1.52. The zero-order chi connectivity index (χ0) is 13.7. The lowest BCUT2D eigenvalue weighted by Crippen LogP contribution is -2.52. The minimum absolute atomic E-state index is 0.673. The van der Waals surface area contributed by atoms with Gasteiger partial charge in [-0.2, -0.15) is 0 Å². The summed E-state index contributed by atoms with van der Waals surface area (Å²) in [5.74, 6) is 1.95. The molecule has 0 amide bonds. The molecule has 1 aliphatic heterocycles. The molecule has 2 aliphatic rings. The van der Waals surface area contributed by atoms with Gasteiger partial charge in [0.2, 0.25) is 0 Å². The largest absolute Gasteiger partial charge is 0.329 e. The van der Waals surface area contributed by atoms with Crippen molar-refractivity contribution in [1.82, 2.24) is 4.90 Å². The Balaban J connectivity index is 1.84. The molecule has 112 valence electrons. The molecule has 1 saturated carbocycles. The van der Waals surface area contributed by atoms with Crippen molar-refractivity contribution < 1.29 is 0 Å². The third-order valence-corrected chi connectivity index (χ3v) is 5.70. The summed E-state index contributed by atoms with van der Waals surface area (Å²) in [5.41, 5.74) is 6.05. The first-order valence-electron chi connectivity index (χ1n) is 8.74. The first-order chi connectivity index (χ1) is 9.28. The second-order valence-corrected chi connectivity index (χ2v) is 6.89. The van der Waals surface area contributed by atoms with Gasteiger partial charge in [0, 0.05) is 18.6 Å². The topological polar surface area (TPSA) is 29.3 Å². The molecule has 0 aromatic carbocycles. The zero-order valence-corrected chi connectivity index (χ0v) is 13.1. The average Bonchev–Trinajstić information content (AvgIpc) is 2.48. The normalized spacial score (nSPS) is 37.4. The molecule has 0 spiro atoms. The number of nitrogens with zero attached hydrogens (tertiary/aromatic N) is 1. The van der Waals surface area contributed by atoms with Crippen LogP contribution in [0.25, 0.3) is 0 Å². The third kappa shape index (κ3) is 3.95. The molecule has 19 heavy (non-hydrogen) atoms. The smallest absolute Gasteiger partial charge is 0.0223 e. The van der Waals surface area contributed by atoms with Gasteiger partial charge in [-0.25, -0.2) is 0 Å². The van der Waals surface area contributed by atoms with Gasteiger partial charge in [0.05, 0.1) is 0 Å². The van der Waals surface area contributed by atoms with Gasteiger partial charge >= 0.3 is 0 Å². The summed E-state index contributed by atoms with van der Waals surface area (Å²) in [6.07, 6.45) is 12.7. The minimum atomic E-state index is 0.673. The number of likely N-dealkylation sites (tertiary alicyclic amines) is 1. The molecule has 1 aliphatic carbocycles. The molecule has 0 aromatic rings. The Morgan fingerprint density at radius 1 is 1.00 bits per heavy atom. The highest BCUT2D eigenvalue weighted by Crippen LogP contribution is 2.34. The van der Waals surface area contributed by atoms with E-state index >= 15 is 0 Å². The van der Waals surface area contributed by atoms with E-state index in [1.54, 1.807) is 0 Å². The molecular formula is C17H34N2. The van der Waals surface area contributed by atoms with Crippen LogP contribution in [0.5, 0.6) is 0 Å². The fourth-order valence-corrected chi connectivity index (χ4v) is 4.41. The Kier molecular flexibility index (Phi) is 6.15. The van der Waals surface area contributed by atoms with Gasteiger partial charge < -0.3 is 5.73 Å². The van der Waals surface area contributed by atoms with Crippen LogP contribution in [0.15, 0.2) is 0 Å². The summed E-state index contributed by atoms with van der Waals surface area (Å²) in [5, 5.41) is 0. The second-order valence-electron chi connectivity index (χ2n) is 6.89. The average molecular weight is 266 g/mol. The van der Waals surface area contributed by atoms with Crippen molar-refractivity contribution in [2.75, 3.05) is 13.1 Å². The van der Waals surface area contributed by atoms with E-state index in [0.29, 0.717) is 6.04 Å². The number of rotatable bonds is 5. The molecule has 2 fully saturated rings. The monoisotopic (exact) mass is 266 g/mol. The molecule has 1 saturated heterocycles. The van der Waals surface area contributed by atoms with E-state index in [1.807, 2.05) is 0 Å². The maximum atomic E-state index is 6.05. The lowest BCUT2D eigenvalue weighted by atomic mass is 9.80. The van der Waals surface area contributed by atoms with Crippen molar-refractivity contribution in [3.05, 3.63) is 0 Å². The van der Waals surface area contributed by atoms with E-state index in [-0.39, 0.29) is 0 Å². The molecule has 2 nitrogen and oxygen atoms in total. The molecule has 2 N–H and O–H groups in total. The molecule has 2 rings (SSSR count). The van der Waals surface area contributed by atoms with Crippen LogP contribution in [0.1, 0.15) is 71.6 Å². The van der Waals surface area contributed by atoms with Crippen LogP contribution >= 0.6 is 0 Å². The Morgan fingerprint density at radius 3 is 2.32 bits per heavy atom. The maximum absolute atomic E-state index is 6.05. The zero-order valence-electron chi connectivity index (χ0n) is 13.1. The fourth-order valence-electron chi connectivity index (χ4n) is 4.41. The first-order valence-corrected chi connectivity index (χ1v) is 8.74. The maximum Gasteiger partial charge on any atom is 0.0223 e. The van der Waals surface area contributed by atoms with Crippen molar-refractivity contribution in [2.45, 2.75) is 83.7 Å². The van der Waals surface area contributed by atoms with Gasteiger partial charge in [-0.15, -0.1) is 0 Å². The van der Waals surface area contributed by atoms with Crippen molar-refractivity contribution in [3.63, 3.8) is 0 Å². The fraction of sp³-hybridized carbons (Fsp3) is 1.00. The van der Waals surface area contributed by atoms with E-state index in [1.165, 1.54) is 64.3 Å². The molecule has 1 heterocycles. The van der Waals surface area contributed by atoms with Crippen molar-refractivity contribution in [3.8, 4) is 0 Å². The summed E-state index contributed by atoms with van der Waals surface area (Å²) < 4.78 is 0. The van der Waals surface area contributed by atoms with Crippen molar-refractivity contribution >= 4 is 0 Å². The predicted octanol–water partition coefficient (Wildman–Crippen LogP) is 3.79. The number of piperidine rings is 1. The summed E-state index contributed by atoms with van der Waals surface area (Å²) in [4.78, 5) is 2.79. The number of hydrogen-bond acceptors (Lipinski definition) is 2. The van der Waals surface area contributed by atoms with E-state index in [9.17, 15) is 0 Å². The lowest BCUT2D eigenvalue weighted by molar-refractivity contribution is 0.0441. The minimum Gasteiger partial charge on any atom is -0.329 e. The van der Waals surface area contributed by atoms with Crippen molar-refractivity contribution in [1.29, 1.82) is 0 Å². The highest BCUT2D eigenvalue weighted by molar-refractivity contribution is 4.88. The lowest BCUT2D eigenvalue weighted by Gasteiger charge is -2.45. The molecular weight excluding hydrogens is 232 g/mol. The van der Waals surface area contributed by atoms with Gasteiger partial charge in [0.1, 0.15) is 0 Å². The van der Waals surface area contributed by atoms with E-state index < -0.39 is 0 Å². The Labute approximate surface area is 120 Å². The van der Waals surface area contributed by atoms with Crippen LogP contribution in [0.3, 0.4) is 0 Å². The summed E-state index contributed by atoms with van der Waals surface area (Å²) >= 11 is 0. The van der Waals surface area contributed by atoms with Crippen LogP contribution in [0, 0.1) is 11.8 Å². The summed E-state index contributed by atoms with van der Waals surface area (Å²) in [6.45, 7) is 6.84. The highest BCUT2D eigenvalue weighted by Gasteiger charge is 2.33. The standard InChI is InChI=1S/C17H34N2/c1-3-5-15-6-8-16(9-7-15)19-11-10-14(4-2)12-17(19)13-18/h14-17H,3-13,18H2,1-2H3. The Bertz CT molecular complexity index is 246. The molecule has 2 heteroatoms. The van der Waals surface area contributed by atoms with Gasteiger partial charge in [0.15, 0.2) is 0 Å². The third-order valence-electron chi connectivity index (χ3n) is 5.70. The Hall–Kier alpha value is -0.0800. The molecule has 0 radical (unpaired) electrons. The van der Waals surface area contributed by atoms with Crippen LogP contribution in [0.2, 0.25) is 0 Å². The quantitative estimate of drug-likeness (QED) is 0.820. The summed E-state index contributed by atoms with van der Waals surface area (Å²) in [7, 11) is 0. The molecule has 0 aromatic heterocycles. The van der Waals surface area contributed by atoms with Gasteiger partial charge in [-0.1, -0.05) is 33.1 Å².